The number of rotatable bonds is 2. The Hall–Kier alpha value is -2.55. The molecule has 0 saturated heterocycles. The lowest BCUT2D eigenvalue weighted by atomic mass is 10.3. The molecule has 0 spiro atoms. The van der Waals surface area contributed by atoms with Crippen LogP contribution in [0.1, 0.15) is 0 Å². The van der Waals surface area contributed by atoms with Gasteiger partial charge in [-0.2, -0.15) is 4.98 Å². The van der Waals surface area contributed by atoms with E-state index in [1.165, 1.54) is 0 Å². The van der Waals surface area contributed by atoms with Crippen LogP contribution in [-0.2, 0) is 0 Å². The topological polar surface area (TPSA) is 58.0 Å². The van der Waals surface area contributed by atoms with Crippen molar-refractivity contribution in [3.63, 3.8) is 0 Å². The second-order valence-corrected chi connectivity index (χ2v) is 5.72. The first-order chi connectivity index (χ1) is 11.0. The fourth-order valence-electron chi connectivity index (χ4n) is 2.26. The number of nitrogens with one attached hydrogen (secondary N) is 2. The summed E-state index contributed by atoms with van der Waals surface area (Å²) in [6, 6.07) is 7.44. The predicted molar refractivity (Wildman–Crippen MR) is 82.1 cm³/mol. The molecule has 4 aromatic rings. The van der Waals surface area contributed by atoms with Crippen LogP contribution < -0.4 is 5.32 Å². The molecule has 0 aliphatic rings. The van der Waals surface area contributed by atoms with Crippen molar-refractivity contribution in [1.29, 1.82) is 0 Å². The third kappa shape index (κ3) is 2.24. The number of hydrogen-bond acceptors (Lipinski definition) is 3. The van der Waals surface area contributed by atoms with Gasteiger partial charge in [0.15, 0.2) is 17.5 Å². The molecular formula is C14H7BrF3N5. The highest BCUT2D eigenvalue weighted by Gasteiger charge is 2.15. The van der Waals surface area contributed by atoms with Crippen molar-refractivity contribution < 1.29 is 13.2 Å². The maximum absolute atomic E-state index is 13.7. The zero-order valence-electron chi connectivity index (χ0n) is 11.2. The Labute approximate surface area is 135 Å². The molecule has 9 heteroatoms. The zero-order chi connectivity index (χ0) is 16.1. The normalized spacial score (nSPS) is 11.5. The van der Waals surface area contributed by atoms with E-state index in [9.17, 15) is 13.2 Å². The summed E-state index contributed by atoms with van der Waals surface area (Å²) in [6.07, 6.45) is 0. The summed E-state index contributed by atoms with van der Waals surface area (Å²) in [5, 5.41) is 5.46. The van der Waals surface area contributed by atoms with Gasteiger partial charge in [-0.15, -0.1) is 0 Å². The van der Waals surface area contributed by atoms with E-state index in [2.05, 4.69) is 36.3 Å². The third-order valence-electron chi connectivity index (χ3n) is 3.32. The number of aromatic nitrogens is 4. The zero-order valence-corrected chi connectivity index (χ0v) is 12.8. The molecule has 0 aliphatic carbocycles. The molecule has 2 aromatic heterocycles. The number of halogens is 4. The van der Waals surface area contributed by atoms with Gasteiger partial charge in [0.05, 0.1) is 16.7 Å². The number of aromatic amines is 1. The van der Waals surface area contributed by atoms with Crippen LogP contribution in [0.2, 0.25) is 0 Å². The lowest BCUT2D eigenvalue weighted by molar-refractivity contribution is 0.449. The van der Waals surface area contributed by atoms with Crippen molar-refractivity contribution in [3.05, 3.63) is 52.3 Å². The predicted octanol–water partition coefficient (Wildman–Crippen LogP) is 4.13. The van der Waals surface area contributed by atoms with Crippen molar-refractivity contribution in [2.24, 2.45) is 0 Å². The van der Waals surface area contributed by atoms with Crippen LogP contribution in [0, 0.1) is 17.5 Å². The molecule has 0 fully saturated rings. The summed E-state index contributed by atoms with van der Waals surface area (Å²) < 4.78 is 42.3. The Kier molecular flexibility index (Phi) is 3.05. The number of nitrogens with zero attached hydrogens (tertiary/aromatic N) is 3. The average molecular weight is 382 g/mol. The van der Waals surface area contributed by atoms with Gasteiger partial charge in [0.2, 0.25) is 5.95 Å². The van der Waals surface area contributed by atoms with E-state index in [4.69, 9.17) is 0 Å². The maximum Gasteiger partial charge on any atom is 0.253 e. The van der Waals surface area contributed by atoms with Crippen LogP contribution in [0.4, 0.5) is 24.8 Å². The highest BCUT2D eigenvalue weighted by atomic mass is 79.9. The van der Waals surface area contributed by atoms with Crippen molar-refractivity contribution in [1.82, 2.24) is 19.6 Å². The summed E-state index contributed by atoms with van der Waals surface area (Å²) in [5.74, 6) is -3.58. The second kappa shape index (κ2) is 4.98. The molecule has 0 unspecified atom stereocenters. The van der Waals surface area contributed by atoms with E-state index in [-0.39, 0.29) is 11.6 Å². The molecule has 0 bridgehead atoms. The molecule has 2 aromatic carbocycles. The van der Waals surface area contributed by atoms with E-state index in [0.29, 0.717) is 5.78 Å². The van der Waals surface area contributed by atoms with Crippen molar-refractivity contribution in [2.45, 2.75) is 0 Å². The smallest absolute Gasteiger partial charge is 0.253 e. The molecular weight excluding hydrogens is 375 g/mol. The number of anilines is 2. The second-order valence-electron chi connectivity index (χ2n) is 4.80. The van der Waals surface area contributed by atoms with E-state index < -0.39 is 17.5 Å². The molecule has 5 nitrogen and oxygen atoms in total. The van der Waals surface area contributed by atoms with Gasteiger partial charge in [-0.05, 0) is 30.3 Å². The molecule has 2 N–H and O–H groups in total. The van der Waals surface area contributed by atoms with Gasteiger partial charge in [0, 0.05) is 4.47 Å². The fourth-order valence-corrected chi connectivity index (χ4v) is 2.61. The summed E-state index contributed by atoms with van der Waals surface area (Å²) in [6.45, 7) is 0. The number of H-pyrrole nitrogens is 1. The highest BCUT2D eigenvalue weighted by Crippen LogP contribution is 2.24. The highest BCUT2D eigenvalue weighted by molar-refractivity contribution is 9.10. The van der Waals surface area contributed by atoms with Crippen LogP contribution in [0.25, 0.3) is 16.8 Å². The monoisotopic (exact) mass is 381 g/mol. The number of hydrogen-bond donors (Lipinski definition) is 2. The van der Waals surface area contributed by atoms with Gasteiger partial charge in [0.25, 0.3) is 5.78 Å². The average Bonchev–Trinajstić information content (AvgIpc) is 3.04. The minimum atomic E-state index is -1.54. The molecule has 0 radical (unpaired) electrons. The quantitative estimate of drug-likeness (QED) is 0.513. The van der Waals surface area contributed by atoms with Gasteiger partial charge >= 0.3 is 0 Å². The van der Waals surface area contributed by atoms with Crippen LogP contribution >= 0.6 is 15.9 Å². The molecule has 2 heterocycles. The Balaban J connectivity index is 1.77. The van der Waals surface area contributed by atoms with E-state index in [1.54, 1.807) is 4.52 Å². The Bertz CT molecular complexity index is 1060. The largest absolute Gasteiger partial charge is 0.322 e. The van der Waals surface area contributed by atoms with Crippen molar-refractivity contribution in [2.75, 3.05) is 5.32 Å². The molecule has 0 saturated carbocycles. The lowest BCUT2D eigenvalue weighted by Gasteiger charge is -2.05. The minimum Gasteiger partial charge on any atom is -0.322 e. The standard InChI is InChI=1S/C14H7BrF3N5/c15-6-1-4-10-9(5-6)20-14-21-13(22-23(10)14)19-8-3-2-7(16)11(17)12(8)18/h1-5H,(H2,19,20,21,22). The van der Waals surface area contributed by atoms with Crippen molar-refractivity contribution in [3.8, 4) is 0 Å². The van der Waals surface area contributed by atoms with Gasteiger partial charge in [-0.3, -0.25) is 5.10 Å². The van der Waals surface area contributed by atoms with Gasteiger partial charge in [-0.25, -0.2) is 22.7 Å². The summed E-state index contributed by atoms with van der Waals surface area (Å²) in [7, 11) is 0. The summed E-state index contributed by atoms with van der Waals surface area (Å²) >= 11 is 3.36. The lowest BCUT2D eigenvalue weighted by Crippen LogP contribution is -2.00. The minimum absolute atomic E-state index is 0.155. The Morgan fingerprint density at radius 3 is 2.70 bits per heavy atom. The first kappa shape index (κ1) is 14.1. The molecule has 0 atom stereocenters. The number of benzene rings is 2. The van der Waals surface area contributed by atoms with E-state index in [0.717, 1.165) is 27.6 Å². The maximum atomic E-state index is 13.7. The Morgan fingerprint density at radius 2 is 1.87 bits per heavy atom. The number of imidazole rings is 1. The first-order valence-corrected chi connectivity index (χ1v) is 7.26. The van der Waals surface area contributed by atoms with E-state index >= 15 is 0 Å². The van der Waals surface area contributed by atoms with Gasteiger partial charge in [-0.1, -0.05) is 15.9 Å². The third-order valence-corrected chi connectivity index (χ3v) is 3.81. The fraction of sp³-hybridized carbons (Fsp3) is 0. The molecule has 0 amide bonds. The molecule has 4 rings (SSSR count). The summed E-state index contributed by atoms with van der Waals surface area (Å²) in [5.41, 5.74) is 1.27. The van der Waals surface area contributed by atoms with Crippen molar-refractivity contribution >= 4 is 44.4 Å². The van der Waals surface area contributed by atoms with Gasteiger partial charge in [0.1, 0.15) is 0 Å². The molecule has 23 heavy (non-hydrogen) atoms. The SMILES string of the molecule is Fc1ccc(Nc2nc3nc4cc(Br)ccc4n3[nH]2)c(F)c1F. The van der Waals surface area contributed by atoms with Gasteiger partial charge < -0.3 is 5.32 Å². The van der Waals surface area contributed by atoms with Crippen LogP contribution in [0.15, 0.2) is 34.8 Å². The van der Waals surface area contributed by atoms with Crippen LogP contribution in [-0.4, -0.2) is 19.6 Å². The van der Waals surface area contributed by atoms with Crippen LogP contribution in [0.5, 0.6) is 0 Å². The number of fused-ring (bicyclic) bond motifs is 3. The summed E-state index contributed by atoms with van der Waals surface area (Å²) in [4.78, 5) is 8.47. The molecule has 0 aliphatic heterocycles. The van der Waals surface area contributed by atoms with Crippen LogP contribution in [0.3, 0.4) is 0 Å². The Morgan fingerprint density at radius 1 is 1.04 bits per heavy atom. The first-order valence-electron chi connectivity index (χ1n) is 6.47. The molecule has 116 valence electrons. The van der Waals surface area contributed by atoms with E-state index in [1.807, 2.05) is 18.2 Å².